The lowest BCUT2D eigenvalue weighted by Crippen LogP contribution is -2.46. The van der Waals surface area contributed by atoms with Crippen LogP contribution in [0.5, 0.6) is 0 Å². The minimum Gasteiger partial charge on any atom is -0.465 e. The lowest BCUT2D eigenvalue weighted by Gasteiger charge is -2.37. The number of carboxylic acid groups (broad SMARTS) is 1. The highest BCUT2D eigenvalue weighted by molar-refractivity contribution is 5.66. The van der Waals surface area contributed by atoms with Crippen molar-refractivity contribution in [3.63, 3.8) is 0 Å². The first kappa shape index (κ1) is 21.2. The lowest BCUT2D eigenvalue weighted by atomic mass is 9.92. The number of hydrogen-bond acceptors (Lipinski definition) is 2. The van der Waals surface area contributed by atoms with Gasteiger partial charge < -0.3 is 14.9 Å². The number of piperidine rings is 1. The van der Waals surface area contributed by atoms with Crippen LogP contribution in [0.2, 0.25) is 0 Å². The van der Waals surface area contributed by atoms with E-state index in [1.54, 1.807) is 17.0 Å². The number of nitrogens with zero attached hydrogens (tertiary/aromatic N) is 2. The fourth-order valence-electron chi connectivity index (χ4n) is 4.02. The Hall–Kier alpha value is -2.56. The van der Waals surface area contributed by atoms with Crippen LogP contribution >= 0.6 is 0 Å². The second-order valence-electron chi connectivity index (χ2n) is 8.88. The summed E-state index contributed by atoms with van der Waals surface area (Å²) in [6.45, 7) is 8.40. The molecule has 1 heterocycles. The molecule has 1 saturated heterocycles. The van der Waals surface area contributed by atoms with Crippen molar-refractivity contribution in [2.24, 2.45) is 5.92 Å². The van der Waals surface area contributed by atoms with Gasteiger partial charge in [0.1, 0.15) is 5.82 Å². The van der Waals surface area contributed by atoms with E-state index in [2.05, 4.69) is 29.2 Å². The van der Waals surface area contributed by atoms with E-state index >= 15 is 0 Å². The van der Waals surface area contributed by atoms with Crippen LogP contribution in [0, 0.1) is 11.7 Å². The zero-order chi connectivity index (χ0) is 21.0. The van der Waals surface area contributed by atoms with E-state index < -0.39 is 6.09 Å². The van der Waals surface area contributed by atoms with Crippen molar-refractivity contribution in [2.75, 3.05) is 24.5 Å². The second-order valence-corrected chi connectivity index (χ2v) is 8.88. The van der Waals surface area contributed by atoms with Crippen LogP contribution < -0.4 is 4.90 Å². The molecule has 4 nitrogen and oxygen atoms in total. The number of amides is 1. The molecular weight excluding hydrogens is 367 g/mol. The van der Waals surface area contributed by atoms with E-state index in [4.69, 9.17) is 0 Å². The zero-order valence-electron chi connectivity index (χ0n) is 17.6. The Labute approximate surface area is 173 Å². The highest BCUT2D eigenvalue weighted by atomic mass is 19.1. The number of benzene rings is 2. The van der Waals surface area contributed by atoms with Gasteiger partial charge in [-0.05, 0) is 81.3 Å². The van der Waals surface area contributed by atoms with E-state index in [1.165, 1.54) is 17.8 Å². The quantitative estimate of drug-likeness (QED) is 0.684. The van der Waals surface area contributed by atoms with E-state index in [9.17, 15) is 14.3 Å². The van der Waals surface area contributed by atoms with Crippen molar-refractivity contribution in [1.82, 2.24) is 4.90 Å². The Balaban J connectivity index is 1.53. The van der Waals surface area contributed by atoms with Crippen molar-refractivity contribution in [3.05, 3.63) is 54.3 Å². The third-order valence-corrected chi connectivity index (χ3v) is 5.83. The Bertz CT molecular complexity index is 804. The highest BCUT2D eigenvalue weighted by Crippen LogP contribution is 2.28. The van der Waals surface area contributed by atoms with Gasteiger partial charge in [-0.15, -0.1) is 0 Å². The first-order valence-electron chi connectivity index (χ1n) is 10.4. The van der Waals surface area contributed by atoms with Gasteiger partial charge in [0.25, 0.3) is 0 Å². The lowest BCUT2D eigenvalue weighted by molar-refractivity contribution is 0.0949. The Morgan fingerprint density at radius 1 is 1.03 bits per heavy atom. The molecule has 0 aliphatic carbocycles. The molecule has 1 fully saturated rings. The third kappa shape index (κ3) is 5.49. The summed E-state index contributed by atoms with van der Waals surface area (Å²) in [4.78, 5) is 15.4. The fraction of sp³-hybridized carbons (Fsp3) is 0.458. The predicted molar refractivity (Wildman–Crippen MR) is 116 cm³/mol. The van der Waals surface area contributed by atoms with Crippen molar-refractivity contribution < 1.29 is 14.3 Å². The normalized spacial score (nSPS) is 15.4. The Morgan fingerprint density at radius 3 is 2.03 bits per heavy atom. The SMILES string of the molecule is CC(C)(C)N(CCC1CCN(c2ccc(-c3ccc(F)cc3)cc2)CC1)C(=O)O. The van der Waals surface area contributed by atoms with E-state index in [-0.39, 0.29) is 11.4 Å². The summed E-state index contributed by atoms with van der Waals surface area (Å²) in [5, 5.41) is 9.45. The summed E-state index contributed by atoms with van der Waals surface area (Å²) in [5.41, 5.74) is 2.94. The molecule has 0 radical (unpaired) electrons. The van der Waals surface area contributed by atoms with Crippen LogP contribution in [-0.2, 0) is 0 Å². The van der Waals surface area contributed by atoms with Gasteiger partial charge in [0.2, 0.25) is 0 Å². The molecule has 1 amide bonds. The fourth-order valence-corrected chi connectivity index (χ4v) is 4.02. The van der Waals surface area contributed by atoms with Gasteiger partial charge in [0.05, 0.1) is 0 Å². The third-order valence-electron chi connectivity index (χ3n) is 5.83. The minimum absolute atomic E-state index is 0.220. The zero-order valence-corrected chi connectivity index (χ0v) is 17.6. The molecule has 2 aromatic rings. The monoisotopic (exact) mass is 398 g/mol. The summed E-state index contributed by atoms with van der Waals surface area (Å²) >= 11 is 0. The second kappa shape index (κ2) is 8.85. The van der Waals surface area contributed by atoms with Crippen molar-refractivity contribution in [2.45, 2.75) is 45.6 Å². The molecule has 156 valence electrons. The molecule has 0 saturated carbocycles. The summed E-state index contributed by atoms with van der Waals surface area (Å²) < 4.78 is 13.1. The van der Waals surface area contributed by atoms with E-state index in [0.29, 0.717) is 12.5 Å². The van der Waals surface area contributed by atoms with E-state index in [0.717, 1.165) is 43.5 Å². The van der Waals surface area contributed by atoms with Gasteiger partial charge in [-0.3, -0.25) is 0 Å². The van der Waals surface area contributed by atoms with Gasteiger partial charge in [0.15, 0.2) is 0 Å². The average molecular weight is 399 g/mol. The van der Waals surface area contributed by atoms with Gasteiger partial charge in [0, 0.05) is 30.9 Å². The molecule has 0 aromatic heterocycles. The van der Waals surface area contributed by atoms with E-state index in [1.807, 2.05) is 20.8 Å². The minimum atomic E-state index is -0.837. The molecule has 0 unspecified atom stereocenters. The van der Waals surface area contributed by atoms with Crippen LogP contribution in [0.4, 0.5) is 14.9 Å². The highest BCUT2D eigenvalue weighted by Gasteiger charge is 2.27. The van der Waals surface area contributed by atoms with Crippen LogP contribution in [0.3, 0.4) is 0 Å². The molecule has 1 aliphatic rings. The summed E-state index contributed by atoms with van der Waals surface area (Å²) in [6, 6.07) is 15.0. The molecule has 3 rings (SSSR count). The van der Waals surface area contributed by atoms with Crippen LogP contribution in [-0.4, -0.2) is 41.3 Å². The summed E-state index contributed by atoms with van der Waals surface area (Å²) in [6.07, 6.45) is 2.24. The van der Waals surface area contributed by atoms with Crippen molar-refractivity contribution in [3.8, 4) is 11.1 Å². The first-order valence-corrected chi connectivity index (χ1v) is 10.4. The Kier molecular flexibility index (Phi) is 6.46. The number of halogens is 1. The summed E-state index contributed by atoms with van der Waals surface area (Å²) in [5.74, 6) is 0.344. The number of anilines is 1. The maximum Gasteiger partial charge on any atom is 0.407 e. The van der Waals surface area contributed by atoms with Gasteiger partial charge >= 0.3 is 6.09 Å². The van der Waals surface area contributed by atoms with Gasteiger partial charge in [-0.25, -0.2) is 9.18 Å². The smallest absolute Gasteiger partial charge is 0.407 e. The topological polar surface area (TPSA) is 43.8 Å². The predicted octanol–water partition coefficient (Wildman–Crippen LogP) is 5.88. The number of hydrogen-bond donors (Lipinski definition) is 1. The van der Waals surface area contributed by atoms with Crippen LogP contribution in [0.1, 0.15) is 40.0 Å². The molecule has 1 N–H and O–H groups in total. The standard InChI is InChI=1S/C24H31FN2O2/c1-24(2,3)27(23(28)29)17-14-18-12-15-26(16-13-18)22-10-6-20(7-11-22)19-4-8-21(25)9-5-19/h4-11,18H,12-17H2,1-3H3,(H,28,29). The molecule has 0 spiro atoms. The maximum atomic E-state index is 13.1. The molecule has 1 aliphatic heterocycles. The molecular formula is C24H31FN2O2. The molecule has 5 heteroatoms. The van der Waals surface area contributed by atoms with Crippen molar-refractivity contribution >= 4 is 11.8 Å². The summed E-state index contributed by atoms with van der Waals surface area (Å²) in [7, 11) is 0. The van der Waals surface area contributed by atoms with Gasteiger partial charge in [-0.2, -0.15) is 0 Å². The molecule has 0 atom stereocenters. The molecule has 2 aromatic carbocycles. The molecule has 29 heavy (non-hydrogen) atoms. The van der Waals surface area contributed by atoms with Gasteiger partial charge in [-0.1, -0.05) is 24.3 Å². The molecule has 0 bridgehead atoms. The largest absolute Gasteiger partial charge is 0.465 e. The van der Waals surface area contributed by atoms with Crippen LogP contribution in [0.25, 0.3) is 11.1 Å². The average Bonchev–Trinajstić information content (AvgIpc) is 2.68. The maximum absolute atomic E-state index is 13.1. The number of carbonyl (C=O) groups is 1. The number of rotatable bonds is 5. The first-order chi connectivity index (χ1) is 13.7. The Morgan fingerprint density at radius 2 is 1.55 bits per heavy atom. The van der Waals surface area contributed by atoms with Crippen molar-refractivity contribution in [1.29, 1.82) is 0 Å². The van der Waals surface area contributed by atoms with Crippen LogP contribution in [0.15, 0.2) is 48.5 Å².